The van der Waals surface area contributed by atoms with Crippen molar-refractivity contribution < 1.29 is 19.5 Å². The van der Waals surface area contributed by atoms with Crippen molar-refractivity contribution in [2.45, 2.75) is 109 Å². The van der Waals surface area contributed by atoms with Crippen molar-refractivity contribution in [3.05, 3.63) is 23.5 Å². The number of ether oxygens (including phenoxy) is 1. The predicted molar refractivity (Wildman–Crippen MR) is 146 cm³/mol. The van der Waals surface area contributed by atoms with Gasteiger partial charge in [-0.05, 0) is 94.6 Å². The molecule has 8 atom stereocenters. The second-order valence-corrected chi connectivity index (χ2v) is 12.4. The molecular weight excluding hydrogens is 482 g/mol. The number of piperidine rings is 1. The number of carbonyl (C=O) groups excluding carboxylic acids is 1. The van der Waals surface area contributed by atoms with E-state index >= 15 is 0 Å². The number of urea groups is 1. The Labute approximate surface area is 227 Å². The Morgan fingerprint density at radius 3 is 2.89 bits per heavy atom. The first kappa shape index (κ1) is 27.6. The monoisotopic (exact) mass is 529 g/mol. The van der Waals surface area contributed by atoms with Crippen molar-refractivity contribution in [1.82, 2.24) is 21.0 Å². The molecule has 0 radical (unpaired) electrons. The van der Waals surface area contributed by atoms with Crippen LogP contribution in [0.3, 0.4) is 0 Å². The number of aliphatic hydroxyl groups excluding tert-OH is 1. The maximum Gasteiger partial charge on any atom is 0.317 e. The smallest absolute Gasteiger partial charge is 0.317 e. The Kier molecular flexibility index (Phi) is 8.77. The number of nitrogens with zero attached hydrogens (tertiary/aromatic N) is 1. The fourth-order valence-electron chi connectivity index (χ4n) is 7.25. The molecule has 5 aliphatic rings. The second-order valence-electron chi connectivity index (χ2n) is 12.4. The molecule has 5 N–H and O–H groups in total. The Morgan fingerprint density at radius 1 is 1.26 bits per heavy atom. The van der Waals surface area contributed by atoms with Gasteiger partial charge < -0.3 is 25.5 Å². The van der Waals surface area contributed by atoms with Gasteiger partial charge in [0.1, 0.15) is 12.0 Å². The molecule has 3 fully saturated rings. The zero-order valence-corrected chi connectivity index (χ0v) is 23.2. The summed E-state index contributed by atoms with van der Waals surface area (Å²) < 4.78 is 5.93. The molecule has 1 saturated carbocycles. The van der Waals surface area contributed by atoms with Gasteiger partial charge in [0.15, 0.2) is 0 Å². The molecule has 8 unspecified atom stereocenters. The van der Waals surface area contributed by atoms with E-state index in [1.807, 2.05) is 13.8 Å². The molecule has 9 heteroatoms. The number of likely N-dealkylation sites (tertiary alicyclic amines) is 1. The average molecular weight is 530 g/mol. The number of fused-ring (bicyclic) bond motifs is 1. The Morgan fingerprint density at radius 2 is 2.11 bits per heavy atom. The zero-order chi connectivity index (χ0) is 26.8. The molecule has 0 bridgehead atoms. The fourth-order valence-corrected chi connectivity index (χ4v) is 7.25. The van der Waals surface area contributed by atoms with E-state index in [0.29, 0.717) is 48.7 Å². The highest BCUT2D eigenvalue weighted by Crippen LogP contribution is 2.43. The summed E-state index contributed by atoms with van der Waals surface area (Å²) in [6.07, 6.45) is 12.5. The van der Waals surface area contributed by atoms with Crippen molar-refractivity contribution in [3.8, 4) is 0 Å². The van der Waals surface area contributed by atoms with Gasteiger partial charge in [0, 0.05) is 19.0 Å². The normalized spacial score (nSPS) is 38.2. The summed E-state index contributed by atoms with van der Waals surface area (Å²) in [6, 6.07) is 0.0205. The lowest BCUT2D eigenvalue weighted by atomic mass is 9.68. The Hall–Kier alpha value is -1.94. The molecule has 5 rings (SSSR count). The second kappa shape index (κ2) is 12.1. The van der Waals surface area contributed by atoms with Crippen LogP contribution in [-0.2, 0) is 9.57 Å². The number of aliphatic hydroxyl groups is 1. The number of nitrogens with one attached hydrogen (secondary N) is 4. The molecular formula is C29H47N5O4. The Balaban J connectivity index is 1.20. The van der Waals surface area contributed by atoms with Gasteiger partial charge in [-0.2, -0.15) is 5.48 Å². The molecule has 2 amide bonds. The first-order valence-electron chi connectivity index (χ1n) is 14.9. The van der Waals surface area contributed by atoms with E-state index in [-0.39, 0.29) is 36.5 Å². The highest BCUT2D eigenvalue weighted by atomic mass is 16.7. The van der Waals surface area contributed by atoms with Crippen LogP contribution < -0.4 is 16.1 Å². The van der Waals surface area contributed by atoms with Gasteiger partial charge in [0.25, 0.3) is 0 Å². The van der Waals surface area contributed by atoms with Crippen LogP contribution in [0.25, 0.3) is 0 Å². The molecule has 2 heterocycles. The molecule has 38 heavy (non-hydrogen) atoms. The number of hydrogen-bond acceptors (Lipinski definition) is 7. The molecule has 0 aromatic heterocycles. The minimum Gasteiger partial charge on any atom is -0.489 e. The predicted octanol–water partition coefficient (Wildman–Crippen LogP) is 3.81. The van der Waals surface area contributed by atoms with Gasteiger partial charge in [0.2, 0.25) is 0 Å². The van der Waals surface area contributed by atoms with E-state index in [9.17, 15) is 9.90 Å². The van der Waals surface area contributed by atoms with Crippen LogP contribution in [0.5, 0.6) is 0 Å². The van der Waals surface area contributed by atoms with Gasteiger partial charge in [0.05, 0.1) is 30.1 Å². The van der Waals surface area contributed by atoms with E-state index in [1.54, 1.807) is 4.90 Å². The maximum atomic E-state index is 13.0. The molecule has 0 spiro atoms. The number of rotatable bonds is 5. The summed E-state index contributed by atoms with van der Waals surface area (Å²) in [5.74, 6) is 2.01. The SMILES string of the molecule is CC1C=C(OC(C)C)C(=N)CC(C2NC(C3CCC=C4C(NC(=O)N5CCCC(O)C5)CCCC43)NO2)C1. The highest BCUT2D eigenvalue weighted by Gasteiger charge is 2.44. The molecule has 0 aromatic rings. The summed E-state index contributed by atoms with van der Waals surface area (Å²) in [7, 11) is 0. The highest BCUT2D eigenvalue weighted by molar-refractivity contribution is 5.96. The van der Waals surface area contributed by atoms with E-state index in [1.165, 1.54) is 5.57 Å². The standard InChI is InChI=1S/C29H47N5O4/c1-17(2)37-26-14-18(3)13-19(15-24(26)30)28-32-27(33-38-28)23-10-4-9-22-21(23)8-5-11-25(22)31-29(36)34-12-6-7-20(35)16-34/h9,14,17-21,23,25,27-28,30,32-33,35H,4-8,10-13,15-16H2,1-3H3,(H,31,36). The third kappa shape index (κ3) is 6.27. The number of amides is 2. The van der Waals surface area contributed by atoms with Gasteiger partial charge >= 0.3 is 6.03 Å². The third-order valence-corrected chi connectivity index (χ3v) is 8.98. The summed E-state index contributed by atoms with van der Waals surface area (Å²) in [5, 5.41) is 25.7. The van der Waals surface area contributed by atoms with E-state index in [4.69, 9.17) is 15.0 Å². The first-order chi connectivity index (χ1) is 18.3. The van der Waals surface area contributed by atoms with Gasteiger partial charge in [-0.25, -0.2) is 4.79 Å². The molecule has 9 nitrogen and oxygen atoms in total. The van der Waals surface area contributed by atoms with Crippen molar-refractivity contribution in [3.63, 3.8) is 0 Å². The van der Waals surface area contributed by atoms with E-state index in [2.05, 4.69) is 35.2 Å². The maximum absolute atomic E-state index is 13.0. The van der Waals surface area contributed by atoms with Crippen LogP contribution >= 0.6 is 0 Å². The number of carbonyl (C=O) groups is 1. The summed E-state index contributed by atoms with van der Waals surface area (Å²) >= 11 is 0. The quantitative estimate of drug-likeness (QED) is 0.346. The van der Waals surface area contributed by atoms with Crippen molar-refractivity contribution >= 4 is 11.7 Å². The van der Waals surface area contributed by atoms with Crippen LogP contribution in [0.1, 0.15) is 78.6 Å². The van der Waals surface area contributed by atoms with Gasteiger partial charge in [-0.3, -0.25) is 10.2 Å². The lowest BCUT2D eigenvalue weighted by Gasteiger charge is -2.43. The molecule has 2 saturated heterocycles. The van der Waals surface area contributed by atoms with Crippen LogP contribution in [0, 0.1) is 29.1 Å². The van der Waals surface area contributed by atoms with Gasteiger partial charge in [-0.1, -0.05) is 19.4 Å². The van der Waals surface area contributed by atoms with Crippen molar-refractivity contribution in [2.24, 2.45) is 23.7 Å². The topological polar surface area (TPSA) is 119 Å². The Bertz CT molecular complexity index is 936. The van der Waals surface area contributed by atoms with Crippen LogP contribution in [-0.4, -0.2) is 65.5 Å². The summed E-state index contributed by atoms with van der Waals surface area (Å²) in [6.45, 7) is 7.34. The van der Waals surface area contributed by atoms with Gasteiger partial charge in [-0.15, -0.1) is 0 Å². The summed E-state index contributed by atoms with van der Waals surface area (Å²) in [5.41, 5.74) is 5.26. The minimum absolute atomic E-state index is 0.0442. The number of hydroxylamine groups is 1. The lowest BCUT2D eigenvalue weighted by Crippen LogP contribution is -2.53. The molecule has 3 aliphatic carbocycles. The van der Waals surface area contributed by atoms with Crippen molar-refractivity contribution in [2.75, 3.05) is 13.1 Å². The fraction of sp³-hybridized carbons (Fsp3) is 0.793. The summed E-state index contributed by atoms with van der Waals surface area (Å²) in [4.78, 5) is 20.9. The molecule has 212 valence electrons. The third-order valence-electron chi connectivity index (χ3n) is 8.98. The van der Waals surface area contributed by atoms with Crippen molar-refractivity contribution in [1.29, 1.82) is 5.41 Å². The van der Waals surface area contributed by atoms with E-state index < -0.39 is 6.10 Å². The van der Waals surface area contributed by atoms with E-state index in [0.717, 1.165) is 51.4 Å². The minimum atomic E-state index is -0.412. The largest absolute Gasteiger partial charge is 0.489 e. The van der Waals surface area contributed by atoms with Crippen LogP contribution in [0.4, 0.5) is 4.79 Å². The van der Waals surface area contributed by atoms with Crippen LogP contribution in [0.15, 0.2) is 23.5 Å². The number of hydrogen-bond donors (Lipinski definition) is 5. The zero-order valence-electron chi connectivity index (χ0n) is 23.2. The number of β-amino-alcohol motifs (C(OH)–C–C–N with tert-alkyl or cyclic N) is 1. The number of allylic oxidation sites excluding steroid dienone is 3. The first-order valence-corrected chi connectivity index (χ1v) is 14.9. The lowest BCUT2D eigenvalue weighted by molar-refractivity contribution is -0.0174. The average Bonchev–Trinajstić information content (AvgIpc) is 3.32. The molecule has 0 aromatic carbocycles. The molecule has 2 aliphatic heterocycles. The van der Waals surface area contributed by atoms with Crippen LogP contribution in [0.2, 0.25) is 0 Å².